The lowest BCUT2D eigenvalue weighted by molar-refractivity contribution is -0.153. The van der Waals surface area contributed by atoms with Crippen molar-refractivity contribution < 1.29 is 19.1 Å². The zero-order valence-electron chi connectivity index (χ0n) is 18.8. The summed E-state index contributed by atoms with van der Waals surface area (Å²) in [5, 5.41) is 6.01. The molecule has 2 aliphatic carbocycles. The molecule has 1 spiro atoms. The first-order valence-electron chi connectivity index (χ1n) is 11.8. The predicted octanol–water partition coefficient (Wildman–Crippen LogP) is 1.60. The highest BCUT2D eigenvalue weighted by atomic mass is 16.5. The highest BCUT2D eigenvalue weighted by Gasteiger charge is 2.55. The molecule has 4 aliphatic rings. The van der Waals surface area contributed by atoms with E-state index in [1.165, 1.54) is 0 Å². The standard InChI is InChI=1S/C24H34N4O4/c1-31-21-4-2-17(3-5-21)14-25-23(30)26-19-12-24(13-19)10-18(11-24)22(29)28-8-6-27(7-9-28)20-15-32-16-20/h2-5,18-20H,6-16H2,1H3,(H2,25,26,30). The smallest absolute Gasteiger partial charge is 0.315 e. The van der Waals surface area contributed by atoms with E-state index >= 15 is 0 Å². The number of carbonyl (C=O) groups is 2. The van der Waals surface area contributed by atoms with Crippen LogP contribution in [0, 0.1) is 11.3 Å². The number of carbonyl (C=O) groups excluding carboxylic acids is 2. The van der Waals surface area contributed by atoms with Crippen LogP contribution >= 0.6 is 0 Å². The molecule has 2 heterocycles. The van der Waals surface area contributed by atoms with Gasteiger partial charge in [0.15, 0.2) is 0 Å². The van der Waals surface area contributed by atoms with E-state index in [9.17, 15) is 9.59 Å². The second kappa shape index (κ2) is 8.90. The van der Waals surface area contributed by atoms with Gasteiger partial charge in [-0.25, -0.2) is 4.79 Å². The second-order valence-electron chi connectivity index (χ2n) is 9.94. The molecule has 2 saturated carbocycles. The quantitative estimate of drug-likeness (QED) is 0.699. The Labute approximate surface area is 189 Å². The molecule has 1 aromatic rings. The van der Waals surface area contributed by atoms with Crippen LogP contribution in [-0.4, -0.2) is 80.3 Å². The first-order valence-corrected chi connectivity index (χ1v) is 11.8. The Morgan fingerprint density at radius 2 is 1.75 bits per heavy atom. The van der Waals surface area contributed by atoms with E-state index in [-0.39, 0.29) is 23.4 Å². The van der Waals surface area contributed by atoms with Gasteiger partial charge in [-0.15, -0.1) is 0 Å². The van der Waals surface area contributed by atoms with Gasteiger partial charge in [-0.1, -0.05) is 12.1 Å². The number of ether oxygens (including phenoxy) is 2. The summed E-state index contributed by atoms with van der Waals surface area (Å²) in [6.07, 6.45) is 3.94. The molecule has 32 heavy (non-hydrogen) atoms. The lowest BCUT2D eigenvalue weighted by Gasteiger charge is -2.58. The monoisotopic (exact) mass is 442 g/mol. The molecule has 174 valence electrons. The van der Waals surface area contributed by atoms with Crippen LogP contribution in [0.5, 0.6) is 5.75 Å². The molecule has 3 amide bonds. The van der Waals surface area contributed by atoms with Crippen LogP contribution in [0.1, 0.15) is 31.2 Å². The maximum absolute atomic E-state index is 12.9. The minimum atomic E-state index is -0.123. The third-order valence-corrected chi connectivity index (χ3v) is 7.78. The van der Waals surface area contributed by atoms with Crippen molar-refractivity contribution >= 4 is 11.9 Å². The van der Waals surface area contributed by atoms with E-state index in [1.54, 1.807) is 7.11 Å². The first-order chi connectivity index (χ1) is 15.5. The zero-order chi connectivity index (χ0) is 22.1. The van der Waals surface area contributed by atoms with Crippen LogP contribution in [0.3, 0.4) is 0 Å². The van der Waals surface area contributed by atoms with Gasteiger partial charge in [0.1, 0.15) is 5.75 Å². The van der Waals surface area contributed by atoms with Crippen molar-refractivity contribution in [2.24, 2.45) is 11.3 Å². The minimum absolute atomic E-state index is 0.123. The summed E-state index contributed by atoms with van der Waals surface area (Å²) >= 11 is 0. The summed E-state index contributed by atoms with van der Waals surface area (Å²) in [6, 6.07) is 8.34. The molecule has 2 saturated heterocycles. The molecule has 2 N–H and O–H groups in total. The molecule has 0 unspecified atom stereocenters. The average Bonchev–Trinajstić information content (AvgIpc) is 2.72. The number of rotatable bonds is 6. The van der Waals surface area contributed by atoms with E-state index in [0.29, 0.717) is 18.5 Å². The summed E-state index contributed by atoms with van der Waals surface area (Å²) in [7, 11) is 1.64. The summed E-state index contributed by atoms with van der Waals surface area (Å²) < 4.78 is 10.4. The summed E-state index contributed by atoms with van der Waals surface area (Å²) in [4.78, 5) is 29.6. The van der Waals surface area contributed by atoms with Gasteiger partial charge in [0, 0.05) is 44.7 Å². The van der Waals surface area contributed by atoms with E-state index in [2.05, 4.69) is 20.4 Å². The van der Waals surface area contributed by atoms with Gasteiger partial charge >= 0.3 is 6.03 Å². The lowest BCUT2D eigenvalue weighted by atomic mass is 9.50. The number of hydrogen-bond donors (Lipinski definition) is 2. The Morgan fingerprint density at radius 1 is 1.06 bits per heavy atom. The molecule has 8 heteroatoms. The molecule has 5 rings (SSSR count). The molecule has 8 nitrogen and oxygen atoms in total. The van der Waals surface area contributed by atoms with Gasteiger partial charge in [0.2, 0.25) is 5.91 Å². The van der Waals surface area contributed by atoms with Crippen LogP contribution < -0.4 is 15.4 Å². The molecule has 4 fully saturated rings. The number of amides is 3. The van der Waals surface area contributed by atoms with Crippen molar-refractivity contribution in [3.05, 3.63) is 29.8 Å². The maximum Gasteiger partial charge on any atom is 0.315 e. The van der Waals surface area contributed by atoms with Crippen LogP contribution in [-0.2, 0) is 16.1 Å². The minimum Gasteiger partial charge on any atom is -0.497 e. The fraction of sp³-hybridized carbons (Fsp3) is 0.667. The number of nitrogens with one attached hydrogen (secondary N) is 2. The first kappa shape index (κ1) is 21.5. The third kappa shape index (κ3) is 4.43. The molecular formula is C24H34N4O4. The van der Waals surface area contributed by atoms with Crippen molar-refractivity contribution in [1.82, 2.24) is 20.4 Å². The Morgan fingerprint density at radius 3 is 2.34 bits per heavy atom. The summed E-state index contributed by atoms with van der Waals surface area (Å²) in [5.41, 5.74) is 1.31. The topological polar surface area (TPSA) is 83.1 Å². The van der Waals surface area contributed by atoms with Crippen LogP contribution in [0.2, 0.25) is 0 Å². The van der Waals surface area contributed by atoms with E-state index in [1.807, 2.05) is 24.3 Å². The molecule has 2 aliphatic heterocycles. The number of piperazine rings is 1. The van der Waals surface area contributed by atoms with Crippen LogP contribution in [0.15, 0.2) is 24.3 Å². The second-order valence-corrected chi connectivity index (χ2v) is 9.94. The van der Waals surface area contributed by atoms with Gasteiger partial charge in [0.25, 0.3) is 0 Å². The van der Waals surface area contributed by atoms with Gasteiger partial charge in [-0.3, -0.25) is 9.69 Å². The van der Waals surface area contributed by atoms with Gasteiger partial charge in [-0.05, 0) is 48.8 Å². The molecule has 0 atom stereocenters. The van der Waals surface area contributed by atoms with Crippen molar-refractivity contribution in [3.8, 4) is 5.75 Å². The highest BCUT2D eigenvalue weighted by Crippen LogP contribution is 2.59. The largest absolute Gasteiger partial charge is 0.497 e. The van der Waals surface area contributed by atoms with Crippen LogP contribution in [0.25, 0.3) is 0 Å². The maximum atomic E-state index is 12.9. The van der Waals surface area contributed by atoms with Crippen molar-refractivity contribution in [2.75, 3.05) is 46.5 Å². The van der Waals surface area contributed by atoms with Crippen molar-refractivity contribution in [1.29, 1.82) is 0 Å². The fourth-order valence-corrected chi connectivity index (χ4v) is 5.74. The molecule has 0 radical (unpaired) electrons. The summed E-state index contributed by atoms with van der Waals surface area (Å²) in [6.45, 7) is 5.80. The van der Waals surface area contributed by atoms with Crippen molar-refractivity contribution in [3.63, 3.8) is 0 Å². The van der Waals surface area contributed by atoms with E-state index < -0.39 is 0 Å². The molecular weight excluding hydrogens is 408 g/mol. The SMILES string of the molecule is COc1ccc(CNC(=O)NC2CC3(C2)CC(C(=O)N2CCN(C4COC4)CC2)C3)cc1. The van der Waals surface area contributed by atoms with Gasteiger partial charge in [0.05, 0.1) is 26.4 Å². The Bertz CT molecular complexity index is 819. The molecule has 0 aromatic heterocycles. The molecule has 0 bridgehead atoms. The zero-order valence-corrected chi connectivity index (χ0v) is 18.8. The van der Waals surface area contributed by atoms with Gasteiger partial charge < -0.3 is 25.0 Å². The number of benzene rings is 1. The Hall–Kier alpha value is -2.32. The predicted molar refractivity (Wildman–Crippen MR) is 119 cm³/mol. The highest BCUT2D eigenvalue weighted by molar-refractivity contribution is 5.80. The van der Waals surface area contributed by atoms with Crippen LogP contribution in [0.4, 0.5) is 4.79 Å². The third-order valence-electron chi connectivity index (χ3n) is 7.78. The van der Waals surface area contributed by atoms with E-state index in [4.69, 9.17) is 9.47 Å². The number of hydrogen-bond acceptors (Lipinski definition) is 5. The number of urea groups is 1. The van der Waals surface area contributed by atoms with E-state index in [0.717, 1.165) is 76.4 Å². The average molecular weight is 443 g/mol. The normalized spacial score (nSPS) is 30.1. The fourth-order valence-electron chi connectivity index (χ4n) is 5.74. The van der Waals surface area contributed by atoms with Gasteiger partial charge in [-0.2, -0.15) is 0 Å². The summed E-state index contributed by atoms with van der Waals surface area (Å²) in [5.74, 6) is 1.33. The number of nitrogens with zero attached hydrogens (tertiary/aromatic N) is 2. The lowest BCUT2D eigenvalue weighted by Crippen LogP contribution is -2.61. The Kier molecular flexibility index (Phi) is 5.99. The number of methoxy groups -OCH3 is 1. The Balaban J connectivity index is 0.979. The van der Waals surface area contributed by atoms with Crippen molar-refractivity contribution in [2.45, 2.75) is 44.3 Å². The molecule has 1 aromatic carbocycles.